The van der Waals surface area contributed by atoms with Crippen LogP contribution in [0.3, 0.4) is 0 Å². The van der Waals surface area contributed by atoms with E-state index in [1.165, 1.54) is 5.56 Å². The van der Waals surface area contributed by atoms with E-state index in [1.807, 2.05) is 75.2 Å². The molecule has 0 saturated carbocycles. The third-order valence-corrected chi connectivity index (χ3v) is 7.92. The maximum absolute atomic E-state index is 13.7. The molecule has 2 amide bonds. The van der Waals surface area contributed by atoms with Gasteiger partial charge in [0.2, 0.25) is 0 Å². The van der Waals surface area contributed by atoms with Gasteiger partial charge in [0.25, 0.3) is 5.56 Å². The van der Waals surface area contributed by atoms with E-state index in [9.17, 15) is 9.59 Å². The van der Waals surface area contributed by atoms with Gasteiger partial charge in [0.15, 0.2) is 0 Å². The third kappa shape index (κ3) is 5.09. The van der Waals surface area contributed by atoms with E-state index in [0.29, 0.717) is 25.6 Å². The van der Waals surface area contributed by atoms with Crippen LogP contribution in [0.2, 0.25) is 0 Å². The van der Waals surface area contributed by atoms with E-state index in [0.717, 1.165) is 37.2 Å². The third-order valence-electron chi connectivity index (χ3n) is 7.92. The van der Waals surface area contributed by atoms with Crippen molar-refractivity contribution in [1.29, 1.82) is 0 Å². The number of nitrogens with zero attached hydrogens (tertiary/aromatic N) is 3. The minimum atomic E-state index is -0.0955. The first kappa shape index (κ1) is 24.3. The molecule has 6 nitrogen and oxygen atoms in total. The summed E-state index contributed by atoms with van der Waals surface area (Å²) in [5.41, 5.74) is 3.10. The van der Waals surface area contributed by atoms with Crippen molar-refractivity contribution in [3.05, 3.63) is 94.9 Å². The molecule has 0 bridgehead atoms. The molecule has 3 heterocycles. The maximum atomic E-state index is 13.7. The van der Waals surface area contributed by atoms with Crippen molar-refractivity contribution in [2.45, 2.75) is 32.9 Å². The molecular weight excluding hydrogens is 448 g/mol. The Morgan fingerprint density at radius 1 is 0.972 bits per heavy atom. The Balaban J connectivity index is 1.27. The number of benzene rings is 2. The topological polar surface area (TPSA) is 57.6 Å². The summed E-state index contributed by atoms with van der Waals surface area (Å²) in [6, 6.07) is 24.2. The second-order valence-corrected chi connectivity index (χ2v) is 10.8. The first-order chi connectivity index (χ1) is 17.4. The van der Waals surface area contributed by atoms with E-state index < -0.39 is 0 Å². The average Bonchev–Trinajstić information content (AvgIpc) is 2.91. The molecule has 3 aromatic rings. The Morgan fingerprint density at radius 2 is 1.69 bits per heavy atom. The van der Waals surface area contributed by atoms with Crippen LogP contribution in [0.4, 0.5) is 4.79 Å². The second kappa shape index (κ2) is 10.3. The van der Waals surface area contributed by atoms with Gasteiger partial charge in [-0.1, -0.05) is 74.5 Å². The van der Waals surface area contributed by atoms with Crippen LogP contribution >= 0.6 is 0 Å². The van der Waals surface area contributed by atoms with Crippen LogP contribution in [0.1, 0.15) is 31.9 Å². The van der Waals surface area contributed by atoms with Crippen molar-refractivity contribution >= 4 is 6.03 Å². The van der Waals surface area contributed by atoms with Gasteiger partial charge in [-0.2, -0.15) is 0 Å². The number of amides is 2. The maximum Gasteiger partial charge on any atom is 0.320 e. The largest absolute Gasteiger partial charge is 0.324 e. The van der Waals surface area contributed by atoms with Gasteiger partial charge in [-0.3, -0.25) is 4.79 Å². The Kier molecular flexibility index (Phi) is 6.97. The van der Waals surface area contributed by atoms with Gasteiger partial charge in [-0.15, -0.1) is 0 Å². The molecule has 188 valence electrons. The molecule has 0 spiro atoms. The highest BCUT2D eigenvalue weighted by Crippen LogP contribution is 2.37. The summed E-state index contributed by atoms with van der Waals surface area (Å²) >= 11 is 0. The number of carbonyl (C=O) groups is 1. The van der Waals surface area contributed by atoms with Crippen molar-refractivity contribution in [3.8, 4) is 11.1 Å². The fourth-order valence-corrected chi connectivity index (χ4v) is 5.70. The first-order valence-corrected chi connectivity index (χ1v) is 13.0. The van der Waals surface area contributed by atoms with Gasteiger partial charge in [0.1, 0.15) is 0 Å². The van der Waals surface area contributed by atoms with E-state index in [2.05, 4.69) is 31.3 Å². The number of nitrogens with one attached hydrogen (secondary N) is 1. The van der Waals surface area contributed by atoms with Gasteiger partial charge in [0.05, 0.1) is 6.04 Å². The van der Waals surface area contributed by atoms with Gasteiger partial charge < -0.3 is 19.7 Å². The normalized spacial score (nSPS) is 21.8. The number of urea groups is 1. The average molecular weight is 485 g/mol. The molecule has 1 aromatic heterocycles. The van der Waals surface area contributed by atoms with E-state index in [-0.39, 0.29) is 23.0 Å². The lowest BCUT2D eigenvalue weighted by Crippen LogP contribution is -2.57. The summed E-state index contributed by atoms with van der Waals surface area (Å²) in [5.74, 6) is 0.315. The number of hydrogen-bond acceptors (Lipinski definition) is 3. The molecule has 2 aromatic carbocycles. The quantitative estimate of drug-likeness (QED) is 0.588. The molecule has 2 unspecified atom stereocenters. The van der Waals surface area contributed by atoms with Crippen molar-refractivity contribution in [2.75, 3.05) is 32.7 Å². The minimum Gasteiger partial charge on any atom is -0.324 e. The highest BCUT2D eigenvalue weighted by atomic mass is 16.2. The van der Waals surface area contributed by atoms with Crippen LogP contribution < -0.4 is 10.9 Å². The summed E-state index contributed by atoms with van der Waals surface area (Å²) in [5, 5.41) is 3.45. The molecule has 2 aliphatic heterocycles. The van der Waals surface area contributed by atoms with E-state index >= 15 is 0 Å². The Morgan fingerprint density at radius 3 is 2.39 bits per heavy atom. The zero-order valence-electron chi connectivity index (χ0n) is 21.3. The predicted molar refractivity (Wildman–Crippen MR) is 144 cm³/mol. The molecule has 5 rings (SSSR count). The molecule has 2 fully saturated rings. The van der Waals surface area contributed by atoms with Crippen molar-refractivity contribution in [3.63, 3.8) is 0 Å². The van der Waals surface area contributed by atoms with Crippen LogP contribution in [-0.2, 0) is 6.54 Å². The lowest BCUT2D eigenvalue weighted by atomic mass is 9.74. The van der Waals surface area contributed by atoms with Gasteiger partial charge >= 0.3 is 6.03 Å². The Labute approximate surface area is 213 Å². The summed E-state index contributed by atoms with van der Waals surface area (Å²) in [4.78, 5) is 30.7. The van der Waals surface area contributed by atoms with Crippen LogP contribution in [-0.4, -0.2) is 53.1 Å². The summed E-state index contributed by atoms with van der Waals surface area (Å²) < 4.78 is 1.83. The number of rotatable bonds is 4. The van der Waals surface area contributed by atoms with Crippen LogP contribution in [0, 0.1) is 11.3 Å². The molecule has 36 heavy (non-hydrogen) atoms. The van der Waals surface area contributed by atoms with Gasteiger partial charge in [0, 0.05) is 51.5 Å². The van der Waals surface area contributed by atoms with Crippen LogP contribution in [0.15, 0.2) is 83.8 Å². The molecule has 1 N–H and O–H groups in total. The van der Waals surface area contributed by atoms with Crippen molar-refractivity contribution < 1.29 is 4.79 Å². The fraction of sp³-hybridized carbons (Fsp3) is 0.400. The number of hydrogen-bond donors (Lipinski definition) is 1. The number of aromatic nitrogens is 1. The summed E-state index contributed by atoms with van der Waals surface area (Å²) in [7, 11) is 0. The van der Waals surface area contributed by atoms with Crippen LogP contribution in [0.25, 0.3) is 11.1 Å². The number of likely N-dealkylation sites (tertiary alicyclic amines) is 1. The minimum absolute atomic E-state index is 0.0252. The van der Waals surface area contributed by atoms with Gasteiger partial charge in [-0.25, -0.2) is 4.79 Å². The Hall–Kier alpha value is -3.38. The van der Waals surface area contributed by atoms with Crippen LogP contribution in [0.5, 0.6) is 0 Å². The number of piperidine rings is 1. The summed E-state index contributed by atoms with van der Waals surface area (Å²) in [6.07, 6.45) is 2.80. The smallest absolute Gasteiger partial charge is 0.320 e. The highest BCUT2D eigenvalue weighted by Gasteiger charge is 2.40. The van der Waals surface area contributed by atoms with E-state index in [4.69, 9.17) is 0 Å². The molecule has 2 atom stereocenters. The van der Waals surface area contributed by atoms with Gasteiger partial charge in [-0.05, 0) is 40.5 Å². The monoisotopic (exact) mass is 484 g/mol. The number of pyridine rings is 1. The molecule has 2 aliphatic rings. The molecule has 0 aliphatic carbocycles. The molecular formula is C30H36N4O2. The second-order valence-electron chi connectivity index (χ2n) is 10.8. The Bertz CT molecular complexity index is 1240. The standard InChI is InChI=1S/C30H36N4O2/c1-30(2)22-33(29(36)34-18-15-31-20-27(34)24-11-7-4-8-12-24)17-14-26(30)21-32-16-13-25(19-28(32)35)23-9-5-3-6-10-23/h3-13,16,19,26-27,31H,14-15,17-18,20-22H2,1-2H3. The van der Waals surface area contributed by atoms with Crippen molar-refractivity contribution in [2.24, 2.45) is 11.3 Å². The zero-order valence-corrected chi connectivity index (χ0v) is 21.3. The number of carbonyl (C=O) groups excluding carboxylic acids is 1. The SMILES string of the molecule is CC1(C)CN(C(=O)N2CCNCC2c2ccccc2)CCC1Cn1ccc(-c2ccccc2)cc1=O. The lowest BCUT2D eigenvalue weighted by molar-refractivity contribution is 0.0421. The lowest BCUT2D eigenvalue weighted by Gasteiger charge is -2.47. The highest BCUT2D eigenvalue weighted by molar-refractivity contribution is 5.75. The molecule has 0 radical (unpaired) electrons. The molecule has 2 saturated heterocycles. The molecule has 6 heteroatoms. The zero-order chi connectivity index (χ0) is 25.1. The predicted octanol–water partition coefficient (Wildman–Crippen LogP) is 4.63. The first-order valence-electron chi connectivity index (χ1n) is 13.0. The fourth-order valence-electron chi connectivity index (χ4n) is 5.70. The van der Waals surface area contributed by atoms with E-state index in [1.54, 1.807) is 6.07 Å². The van der Waals surface area contributed by atoms with Crippen molar-refractivity contribution in [1.82, 2.24) is 19.7 Å². The number of piperazine rings is 1. The summed E-state index contributed by atoms with van der Waals surface area (Å²) in [6.45, 7) is 8.84.